The van der Waals surface area contributed by atoms with E-state index in [1.807, 2.05) is 17.5 Å². The van der Waals surface area contributed by atoms with Gasteiger partial charge >= 0.3 is 0 Å². The van der Waals surface area contributed by atoms with Gasteiger partial charge in [0.2, 0.25) is 0 Å². The fraction of sp³-hybridized carbons (Fsp3) is 0.333. The highest BCUT2D eigenvalue weighted by molar-refractivity contribution is 7.17. The molecule has 6 heteroatoms. The number of benzene rings is 1. The number of aromatic nitrogens is 1. The zero-order chi connectivity index (χ0) is 16.4. The average molecular weight is 358 g/mol. The molecule has 2 aromatic heterocycles. The molecule has 0 aliphatic carbocycles. The van der Waals surface area contributed by atoms with Gasteiger partial charge in [-0.1, -0.05) is 18.2 Å². The second-order valence-electron chi connectivity index (χ2n) is 6.04. The van der Waals surface area contributed by atoms with Crippen LogP contribution < -0.4 is 10.6 Å². The fourth-order valence-corrected chi connectivity index (χ4v) is 5.02. The van der Waals surface area contributed by atoms with Crippen molar-refractivity contribution in [3.8, 4) is 0 Å². The number of carbonyl (C=O) groups is 1. The molecule has 0 saturated carbocycles. The Kier molecular flexibility index (Phi) is 4.60. The van der Waals surface area contributed by atoms with Gasteiger partial charge in [-0.3, -0.25) is 4.79 Å². The van der Waals surface area contributed by atoms with Crippen molar-refractivity contribution in [2.45, 2.75) is 25.3 Å². The van der Waals surface area contributed by atoms with E-state index in [9.17, 15) is 4.79 Å². The summed E-state index contributed by atoms with van der Waals surface area (Å²) >= 11 is 3.33. The molecule has 0 atom stereocenters. The van der Waals surface area contributed by atoms with E-state index in [-0.39, 0.29) is 5.91 Å². The Bertz CT molecular complexity index is 849. The molecule has 3 heterocycles. The van der Waals surface area contributed by atoms with Gasteiger partial charge in [0.25, 0.3) is 5.91 Å². The van der Waals surface area contributed by atoms with Crippen LogP contribution in [0.4, 0.5) is 0 Å². The summed E-state index contributed by atoms with van der Waals surface area (Å²) in [6.45, 7) is 2.62. The molecule has 1 aromatic carbocycles. The lowest BCUT2D eigenvalue weighted by Crippen LogP contribution is -2.27. The van der Waals surface area contributed by atoms with Crippen LogP contribution in [-0.4, -0.2) is 24.0 Å². The van der Waals surface area contributed by atoms with Crippen LogP contribution in [0.1, 0.15) is 39.8 Å². The van der Waals surface area contributed by atoms with Gasteiger partial charge in [-0.25, -0.2) is 4.98 Å². The number of nitrogens with zero attached hydrogens (tertiary/aromatic N) is 1. The molecule has 1 amide bonds. The molecule has 124 valence electrons. The first kappa shape index (κ1) is 15.7. The average Bonchev–Trinajstić information content (AvgIpc) is 3.28. The van der Waals surface area contributed by atoms with Crippen LogP contribution in [-0.2, 0) is 6.54 Å². The van der Waals surface area contributed by atoms with E-state index in [2.05, 4.69) is 33.1 Å². The predicted octanol–water partition coefficient (Wildman–Crippen LogP) is 3.75. The van der Waals surface area contributed by atoms with E-state index in [4.69, 9.17) is 0 Å². The van der Waals surface area contributed by atoms with Gasteiger partial charge in [-0.05, 0) is 48.3 Å². The smallest absolute Gasteiger partial charge is 0.271 e. The second kappa shape index (κ2) is 7.01. The third-order valence-electron chi connectivity index (χ3n) is 4.44. The van der Waals surface area contributed by atoms with Crippen LogP contribution in [0, 0.1) is 0 Å². The van der Waals surface area contributed by atoms with Crippen molar-refractivity contribution in [3.63, 3.8) is 0 Å². The maximum Gasteiger partial charge on any atom is 0.271 e. The maximum atomic E-state index is 12.4. The van der Waals surface area contributed by atoms with Crippen molar-refractivity contribution in [3.05, 3.63) is 51.3 Å². The number of rotatable bonds is 4. The molecule has 24 heavy (non-hydrogen) atoms. The Morgan fingerprint density at radius 2 is 2.04 bits per heavy atom. The zero-order valence-electron chi connectivity index (χ0n) is 13.2. The van der Waals surface area contributed by atoms with E-state index in [0.717, 1.165) is 36.5 Å². The summed E-state index contributed by atoms with van der Waals surface area (Å²) in [6, 6.07) is 8.29. The topological polar surface area (TPSA) is 54.0 Å². The lowest BCUT2D eigenvalue weighted by atomic mass is 9.99. The van der Waals surface area contributed by atoms with Crippen molar-refractivity contribution < 1.29 is 4.79 Å². The first-order valence-corrected chi connectivity index (χ1v) is 9.96. The fourth-order valence-electron chi connectivity index (χ4n) is 3.08. The standard InChI is InChI=1S/C18H19N3OS2/c22-17(15-11-24-18(21-15)12-5-7-19-8-6-12)20-9-13-10-23-16-4-2-1-3-14(13)16/h1-4,10-12,19H,5-9H2,(H,20,22). The zero-order valence-corrected chi connectivity index (χ0v) is 14.9. The molecular weight excluding hydrogens is 338 g/mol. The first-order chi connectivity index (χ1) is 11.8. The normalized spacial score (nSPS) is 15.7. The van der Waals surface area contributed by atoms with Crippen molar-refractivity contribution in [2.24, 2.45) is 0 Å². The van der Waals surface area contributed by atoms with Crippen LogP contribution in [0.5, 0.6) is 0 Å². The molecule has 2 N–H and O–H groups in total. The molecule has 1 aliphatic rings. The number of piperidine rings is 1. The van der Waals surface area contributed by atoms with Crippen LogP contribution in [0.15, 0.2) is 35.0 Å². The number of fused-ring (bicyclic) bond motifs is 1. The Balaban J connectivity index is 1.42. The highest BCUT2D eigenvalue weighted by Crippen LogP contribution is 2.28. The molecule has 1 fully saturated rings. The highest BCUT2D eigenvalue weighted by atomic mass is 32.1. The Morgan fingerprint density at radius 3 is 2.92 bits per heavy atom. The number of carbonyl (C=O) groups excluding carboxylic acids is 1. The SMILES string of the molecule is O=C(NCc1csc2ccccc12)c1csc(C2CCNCC2)n1. The lowest BCUT2D eigenvalue weighted by molar-refractivity contribution is 0.0946. The summed E-state index contributed by atoms with van der Waals surface area (Å²) < 4.78 is 1.25. The molecule has 0 spiro atoms. The summed E-state index contributed by atoms with van der Waals surface area (Å²) in [7, 11) is 0. The van der Waals surface area contributed by atoms with E-state index in [1.54, 1.807) is 22.7 Å². The number of nitrogens with one attached hydrogen (secondary N) is 2. The van der Waals surface area contributed by atoms with E-state index in [1.165, 1.54) is 10.1 Å². The van der Waals surface area contributed by atoms with Gasteiger partial charge in [-0.2, -0.15) is 0 Å². The van der Waals surface area contributed by atoms with Crippen molar-refractivity contribution >= 4 is 38.7 Å². The van der Waals surface area contributed by atoms with Crippen molar-refractivity contribution in [1.82, 2.24) is 15.6 Å². The van der Waals surface area contributed by atoms with Crippen LogP contribution in [0.2, 0.25) is 0 Å². The Morgan fingerprint density at radius 1 is 1.21 bits per heavy atom. The maximum absolute atomic E-state index is 12.4. The number of thiazole rings is 1. The predicted molar refractivity (Wildman–Crippen MR) is 100.0 cm³/mol. The molecule has 1 aliphatic heterocycles. The molecule has 4 rings (SSSR count). The van der Waals surface area contributed by atoms with Gasteiger partial charge < -0.3 is 10.6 Å². The molecular formula is C18H19N3OS2. The number of hydrogen-bond acceptors (Lipinski definition) is 5. The molecule has 0 unspecified atom stereocenters. The number of thiophene rings is 1. The van der Waals surface area contributed by atoms with Crippen molar-refractivity contribution in [1.29, 1.82) is 0 Å². The van der Waals surface area contributed by atoms with E-state index < -0.39 is 0 Å². The Labute approximate surface area is 148 Å². The van der Waals surface area contributed by atoms with Gasteiger partial charge in [-0.15, -0.1) is 22.7 Å². The molecule has 0 radical (unpaired) electrons. The minimum Gasteiger partial charge on any atom is -0.347 e. The summed E-state index contributed by atoms with van der Waals surface area (Å²) in [5.74, 6) is 0.417. The number of hydrogen-bond donors (Lipinski definition) is 2. The molecule has 4 nitrogen and oxygen atoms in total. The van der Waals surface area contributed by atoms with Crippen LogP contribution in [0.25, 0.3) is 10.1 Å². The van der Waals surface area contributed by atoms with Gasteiger partial charge in [0.05, 0.1) is 5.01 Å². The molecule has 3 aromatic rings. The number of amides is 1. The quantitative estimate of drug-likeness (QED) is 0.748. The molecule has 0 bridgehead atoms. The van der Waals surface area contributed by atoms with E-state index in [0.29, 0.717) is 18.2 Å². The molecule has 1 saturated heterocycles. The third-order valence-corrected chi connectivity index (χ3v) is 6.46. The van der Waals surface area contributed by atoms with Gasteiger partial charge in [0, 0.05) is 22.5 Å². The largest absolute Gasteiger partial charge is 0.347 e. The summed E-state index contributed by atoms with van der Waals surface area (Å²) in [4.78, 5) is 17.0. The summed E-state index contributed by atoms with van der Waals surface area (Å²) in [5.41, 5.74) is 1.71. The van der Waals surface area contributed by atoms with E-state index >= 15 is 0 Å². The van der Waals surface area contributed by atoms with Crippen LogP contribution in [0.3, 0.4) is 0 Å². The second-order valence-corrected chi connectivity index (χ2v) is 7.84. The third kappa shape index (κ3) is 3.22. The lowest BCUT2D eigenvalue weighted by Gasteiger charge is -2.20. The monoisotopic (exact) mass is 357 g/mol. The summed E-state index contributed by atoms with van der Waals surface area (Å²) in [5, 5.41) is 12.7. The first-order valence-electron chi connectivity index (χ1n) is 8.21. The minimum absolute atomic E-state index is 0.0817. The summed E-state index contributed by atoms with van der Waals surface area (Å²) in [6.07, 6.45) is 2.21. The van der Waals surface area contributed by atoms with Crippen molar-refractivity contribution in [2.75, 3.05) is 13.1 Å². The van der Waals surface area contributed by atoms with Gasteiger partial charge in [0.15, 0.2) is 0 Å². The minimum atomic E-state index is -0.0817. The van der Waals surface area contributed by atoms with Crippen LogP contribution >= 0.6 is 22.7 Å². The highest BCUT2D eigenvalue weighted by Gasteiger charge is 2.20. The Hall–Kier alpha value is -1.76. The van der Waals surface area contributed by atoms with Gasteiger partial charge in [0.1, 0.15) is 5.69 Å².